The number of piperidine rings is 3. The first-order chi connectivity index (χ1) is 29.6. The van der Waals surface area contributed by atoms with Crippen molar-refractivity contribution in [1.82, 2.24) is 44.7 Å². The standard InChI is InChI=1S/C41H48F2N12O6/c42-38(43)36-31(46-41(59)29-17-44-54-15-10-32(47-39(29)54)53-19-26-16-25(53)22-60-26)20-55(49-36)24-8-13-51(14-9-24)18-23-6-11-52(12-7-23)21-34(57)45-30-3-1-2-27-35(50-61-37(27)30)28-4-5-33(56)48-40(28)58/h1-3,10,15,17,20,23-26,28,38,40,58H,4-9,11-14,16,18-19,21-22H2,(H,45,57)(H,46,59)(H,48,56)/t25-,26-,28?,40?/m1/s1. The van der Waals surface area contributed by atoms with Crippen LogP contribution in [-0.4, -0.2) is 133 Å². The Morgan fingerprint density at radius 2 is 1.82 bits per heavy atom. The van der Waals surface area contributed by atoms with Crippen LogP contribution in [0.2, 0.25) is 0 Å². The van der Waals surface area contributed by atoms with E-state index >= 15 is 0 Å². The SMILES string of the molecule is O=C(CN1CCC(CN2CCC(n3cc(NC(=O)c4cnn5ccc(N6C[C@H]7C[C@@H]6CO7)nc45)c(C(F)F)n3)CC2)CC1)Nc1cccc2c(C3CCC(=O)NC3O)noc12. The zero-order chi connectivity index (χ0) is 41.8. The average molecular weight is 843 g/mol. The van der Waals surface area contributed by atoms with Crippen molar-refractivity contribution in [2.45, 2.75) is 81.7 Å². The van der Waals surface area contributed by atoms with Gasteiger partial charge in [0.25, 0.3) is 12.3 Å². The number of benzene rings is 1. The van der Waals surface area contributed by atoms with Crippen molar-refractivity contribution < 1.29 is 37.5 Å². The number of halogens is 2. The summed E-state index contributed by atoms with van der Waals surface area (Å²) in [6, 6.07) is 7.41. The number of anilines is 3. The van der Waals surface area contributed by atoms with Crippen LogP contribution in [0, 0.1) is 5.92 Å². The lowest BCUT2D eigenvalue weighted by atomic mass is 9.92. The van der Waals surface area contributed by atoms with E-state index in [2.05, 4.69) is 46.0 Å². The fourth-order valence-corrected chi connectivity index (χ4v) is 9.77. The van der Waals surface area contributed by atoms with Crippen molar-refractivity contribution in [3.8, 4) is 0 Å². The maximum atomic E-state index is 14.3. The zero-order valence-corrected chi connectivity index (χ0v) is 33.5. The lowest BCUT2D eigenvalue weighted by Crippen LogP contribution is -2.43. The third-order valence-corrected chi connectivity index (χ3v) is 13.1. The number of carbonyl (C=O) groups is 3. The van der Waals surface area contributed by atoms with Gasteiger partial charge in [-0.1, -0.05) is 11.2 Å². The van der Waals surface area contributed by atoms with Crippen LogP contribution in [0.3, 0.4) is 0 Å². The van der Waals surface area contributed by atoms with E-state index in [1.54, 1.807) is 23.0 Å². The van der Waals surface area contributed by atoms with Gasteiger partial charge in [-0.3, -0.25) is 24.0 Å². The Kier molecular flexibility index (Phi) is 10.6. The third-order valence-electron chi connectivity index (χ3n) is 13.1. The lowest BCUT2D eigenvalue weighted by Gasteiger charge is -2.37. The fraction of sp³-hybridized carbons (Fsp3) is 0.537. The van der Waals surface area contributed by atoms with Gasteiger partial charge in [0.05, 0.1) is 60.5 Å². The van der Waals surface area contributed by atoms with Crippen molar-refractivity contribution in [3.63, 3.8) is 0 Å². The molecule has 3 amide bonds. The topological polar surface area (TPSA) is 201 Å². The van der Waals surface area contributed by atoms with Gasteiger partial charge in [0.1, 0.15) is 17.6 Å². The van der Waals surface area contributed by atoms with E-state index in [0.29, 0.717) is 46.9 Å². The smallest absolute Gasteiger partial charge is 0.284 e. The molecule has 2 bridgehead atoms. The van der Waals surface area contributed by atoms with Crippen molar-refractivity contribution in [2.75, 3.05) is 68.0 Å². The van der Waals surface area contributed by atoms with E-state index in [9.17, 15) is 28.3 Å². The van der Waals surface area contributed by atoms with Crippen molar-refractivity contribution in [1.29, 1.82) is 0 Å². The second-order valence-corrected chi connectivity index (χ2v) is 17.0. The van der Waals surface area contributed by atoms with Crippen LogP contribution < -0.4 is 20.9 Å². The maximum Gasteiger partial charge on any atom is 0.284 e. The molecule has 5 aromatic rings. The van der Waals surface area contributed by atoms with Gasteiger partial charge in [-0.2, -0.15) is 10.2 Å². The van der Waals surface area contributed by atoms with Gasteiger partial charge in [-0.25, -0.2) is 18.3 Å². The van der Waals surface area contributed by atoms with Crippen LogP contribution in [0.5, 0.6) is 0 Å². The first kappa shape index (κ1) is 39.6. The molecule has 2 unspecified atom stereocenters. The highest BCUT2D eigenvalue weighted by molar-refractivity contribution is 6.08. The van der Waals surface area contributed by atoms with Crippen LogP contribution >= 0.6 is 0 Å². The molecular formula is C41H48F2N12O6. The highest BCUT2D eigenvalue weighted by atomic mass is 19.3. The highest BCUT2D eigenvalue weighted by Gasteiger charge is 2.40. The number of amides is 3. The van der Waals surface area contributed by atoms with E-state index in [1.807, 2.05) is 12.1 Å². The minimum absolute atomic E-state index is 0.0237. The first-order valence-corrected chi connectivity index (χ1v) is 21.1. The molecule has 20 heteroatoms. The number of likely N-dealkylation sites (tertiary alicyclic amines) is 2. The van der Waals surface area contributed by atoms with E-state index in [0.717, 1.165) is 77.2 Å². The average Bonchev–Trinajstić information content (AvgIpc) is 4.11. The van der Waals surface area contributed by atoms with Gasteiger partial charge in [0.2, 0.25) is 11.8 Å². The second kappa shape index (κ2) is 16.4. The van der Waals surface area contributed by atoms with Crippen molar-refractivity contribution in [2.24, 2.45) is 5.92 Å². The zero-order valence-electron chi connectivity index (χ0n) is 33.5. The molecule has 4 N–H and O–H groups in total. The predicted octanol–water partition coefficient (Wildman–Crippen LogP) is 3.53. The summed E-state index contributed by atoms with van der Waals surface area (Å²) in [6.45, 7) is 5.70. The number of nitrogens with one attached hydrogen (secondary N) is 3. The Morgan fingerprint density at radius 3 is 2.57 bits per heavy atom. The van der Waals surface area contributed by atoms with E-state index < -0.39 is 30.2 Å². The van der Waals surface area contributed by atoms with Gasteiger partial charge >= 0.3 is 0 Å². The Hall–Kier alpha value is -5.57. The molecule has 61 heavy (non-hydrogen) atoms. The van der Waals surface area contributed by atoms with Gasteiger partial charge in [-0.15, -0.1) is 0 Å². The number of morpholine rings is 1. The largest absolute Gasteiger partial charge is 0.374 e. The molecule has 5 fully saturated rings. The molecule has 10 rings (SSSR count). The van der Waals surface area contributed by atoms with Gasteiger partial charge in [0, 0.05) is 50.4 Å². The molecule has 4 atom stereocenters. The lowest BCUT2D eigenvalue weighted by molar-refractivity contribution is -0.127. The number of nitrogens with zero attached hydrogens (tertiary/aromatic N) is 9. The molecule has 18 nitrogen and oxygen atoms in total. The number of aromatic nitrogens is 6. The number of fused-ring (bicyclic) bond motifs is 4. The first-order valence-electron chi connectivity index (χ1n) is 21.1. The van der Waals surface area contributed by atoms with Crippen LogP contribution in [0.4, 0.5) is 26.0 Å². The van der Waals surface area contributed by atoms with Crippen molar-refractivity contribution >= 4 is 51.5 Å². The number of hydrogen-bond acceptors (Lipinski definition) is 13. The summed E-state index contributed by atoms with van der Waals surface area (Å²) in [6.07, 6.45) is 5.95. The molecule has 5 aliphatic rings. The molecule has 0 aliphatic carbocycles. The molecule has 322 valence electrons. The molecule has 9 heterocycles. The summed E-state index contributed by atoms with van der Waals surface area (Å²) in [7, 11) is 0. The minimum atomic E-state index is -2.87. The van der Waals surface area contributed by atoms with Crippen LogP contribution in [0.25, 0.3) is 16.6 Å². The number of aliphatic hydroxyl groups excluding tert-OH is 1. The quantitative estimate of drug-likeness (QED) is 0.151. The molecule has 4 aromatic heterocycles. The number of rotatable bonds is 11. The Labute approximate surface area is 348 Å². The van der Waals surface area contributed by atoms with Gasteiger partial charge in [0.15, 0.2) is 16.9 Å². The number of hydrogen-bond donors (Lipinski definition) is 4. The van der Waals surface area contributed by atoms with E-state index in [-0.39, 0.29) is 54.2 Å². The summed E-state index contributed by atoms with van der Waals surface area (Å²) < 4.78 is 43.0. The summed E-state index contributed by atoms with van der Waals surface area (Å²) in [5.74, 6) is -0.152. The monoisotopic (exact) mass is 842 g/mol. The maximum absolute atomic E-state index is 14.3. The summed E-state index contributed by atoms with van der Waals surface area (Å²) in [5.41, 5.74) is 1.52. The number of aliphatic hydroxyl groups is 1. The molecule has 0 radical (unpaired) electrons. The number of para-hydroxylation sites is 1. The van der Waals surface area contributed by atoms with Crippen molar-refractivity contribution in [3.05, 3.63) is 59.8 Å². The summed E-state index contributed by atoms with van der Waals surface area (Å²) in [5, 5.41) is 32.1. The Bertz CT molecular complexity index is 2440. The molecule has 5 aliphatic heterocycles. The number of ether oxygens (including phenoxy) is 1. The molecule has 5 saturated heterocycles. The number of alkyl halides is 2. The number of carbonyl (C=O) groups excluding carboxylic acids is 3. The Morgan fingerprint density at radius 1 is 1.00 bits per heavy atom. The van der Waals surface area contributed by atoms with Gasteiger partial charge < -0.3 is 40.1 Å². The molecule has 1 aromatic carbocycles. The summed E-state index contributed by atoms with van der Waals surface area (Å²) >= 11 is 0. The second-order valence-electron chi connectivity index (χ2n) is 17.0. The molecular weight excluding hydrogens is 795 g/mol. The highest BCUT2D eigenvalue weighted by Crippen LogP contribution is 2.36. The van der Waals surface area contributed by atoms with Crippen LogP contribution in [0.1, 0.15) is 85.1 Å². The van der Waals surface area contributed by atoms with Crippen LogP contribution in [-0.2, 0) is 14.3 Å². The fourth-order valence-electron chi connectivity index (χ4n) is 9.77. The third kappa shape index (κ3) is 7.92. The molecule has 0 spiro atoms. The predicted molar refractivity (Wildman–Crippen MR) is 216 cm³/mol. The van der Waals surface area contributed by atoms with E-state index in [4.69, 9.17) is 14.2 Å². The van der Waals surface area contributed by atoms with Crippen LogP contribution in [0.15, 0.2) is 47.4 Å². The molecule has 0 saturated carbocycles. The Balaban J connectivity index is 0.698. The minimum Gasteiger partial charge on any atom is -0.374 e. The summed E-state index contributed by atoms with van der Waals surface area (Å²) in [4.78, 5) is 49.9. The van der Waals surface area contributed by atoms with Gasteiger partial charge in [-0.05, 0) is 75.7 Å². The van der Waals surface area contributed by atoms with E-state index in [1.165, 1.54) is 16.9 Å². The normalized spacial score (nSPS) is 24.3.